The molecule has 1 unspecified atom stereocenters. The number of aryl methyl sites for hydroxylation is 1. The molecule has 2 N–H and O–H groups in total. The monoisotopic (exact) mass is 431 g/mol. The molecule has 0 spiro atoms. The van der Waals surface area contributed by atoms with Gasteiger partial charge in [0.15, 0.2) is 6.10 Å². The summed E-state index contributed by atoms with van der Waals surface area (Å²) in [6, 6.07) is 5.68. The molecule has 6 nitrogen and oxygen atoms in total. The van der Waals surface area contributed by atoms with Crippen molar-refractivity contribution < 1.29 is 31.4 Å². The van der Waals surface area contributed by atoms with E-state index in [4.69, 9.17) is 5.11 Å². The number of hydrogen-bond donors (Lipinski definition) is 2. The summed E-state index contributed by atoms with van der Waals surface area (Å²) >= 11 is 0. The highest BCUT2D eigenvalue weighted by Gasteiger charge is 2.38. The lowest BCUT2D eigenvalue weighted by Gasteiger charge is -2.14. The van der Waals surface area contributed by atoms with Crippen LogP contribution >= 0.6 is 0 Å². The second-order valence-corrected chi connectivity index (χ2v) is 6.48. The van der Waals surface area contributed by atoms with Gasteiger partial charge in [0.25, 0.3) is 0 Å². The highest BCUT2D eigenvalue weighted by atomic mass is 19.4. The minimum atomic E-state index is -4.77. The van der Waals surface area contributed by atoms with Crippen LogP contribution in [-0.4, -0.2) is 37.1 Å². The maximum atomic E-state index is 12.8. The van der Waals surface area contributed by atoms with E-state index in [2.05, 4.69) is 20.4 Å². The van der Waals surface area contributed by atoms with Gasteiger partial charge in [0.1, 0.15) is 5.69 Å². The minimum absolute atomic E-state index is 0.259. The summed E-state index contributed by atoms with van der Waals surface area (Å²) in [6.45, 7) is 0.970. The van der Waals surface area contributed by atoms with Crippen molar-refractivity contribution in [2.75, 3.05) is 5.32 Å². The molecule has 0 aliphatic heterocycles. The Kier molecular flexibility index (Phi) is 5.70. The van der Waals surface area contributed by atoms with Crippen molar-refractivity contribution in [2.24, 2.45) is 0 Å². The third-order valence-corrected chi connectivity index (χ3v) is 3.98. The predicted octanol–water partition coefficient (Wildman–Crippen LogP) is 4.33. The van der Waals surface area contributed by atoms with Gasteiger partial charge in [-0.25, -0.2) is 9.97 Å². The van der Waals surface area contributed by atoms with Crippen LogP contribution in [0.5, 0.6) is 0 Å². The van der Waals surface area contributed by atoms with E-state index in [0.717, 1.165) is 22.5 Å². The number of hydrogen-bond acceptors (Lipinski definition) is 5. The highest BCUT2D eigenvalue weighted by Crippen LogP contribution is 2.29. The number of aliphatic hydroxyl groups excluding tert-OH is 1. The van der Waals surface area contributed by atoms with Crippen molar-refractivity contribution in [3.8, 4) is 11.1 Å². The standard InChI is InChI=1S/C18H15F6N5O/c1-10-4-11(12-7-26-29(8-12)9-15(30)18(22,23)24)6-13(5-10)27-16-25-3-2-14(28-16)17(19,20)21/h2-8,15,30H,9H2,1H3,(H,25,27,28). The van der Waals surface area contributed by atoms with Gasteiger partial charge in [-0.1, -0.05) is 6.07 Å². The number of rotatable bonds is 5. The van der Waals surface area contributed by atoms with Crippen molar-refractivity contribution in [2.45, 2.75) is 31.9 Å². The molecule has 2 heterocycles. The van der Waals surface area contributed by atoms with Crippen molar-refractivity contribution in [1.82, 2.24) is 19.7 Å². The smallest absolute Gasteiger partial charge is 0.382 e. The van der Waals surface area contributed by atoms with E-state index in [1.807, 2.05) is 0 Å². The van der Waals surface area contributed by atoms with Crippen LogP contribution in [-0.2, 0) is 12.7 Å². The lowest BCUT2D eigenvalue weighted by Crippen LogP contribution is -2.32. The Labute approximate surface area is 166 Å². The van der Waals surface area contributed by atoms with E-state index in [0.29, 0.717) is 16.8 Å². The molecule has 0 saturated heterocycles. The molecule has 0 bridgehead atoms. The fraction of sp³-hybridized carbons (Fsp3) is 0.278. The molecular weight excluding hydrogens is 416 g/mol. The molecule has 1 aromatic carbocycles. The van der Waals surface area contributed by atoms with Gasteiger partial charge in [0, 0.05) is 23.6 Å². The molecule has 1 atom stereocenters. The van der Waals surface area contributed by atoms with Crippen LogP contribution in [0.2, 0.25) is 0 Å². The Bertz CT molecular complexity index is 1030. The van der Waals surface area contributed by atoms with E-state index < -0.39 is 30.7 Å². The largest absolute Gasteiger partial charge is 0.433 e. The van der Waals surface area contributed by atoms with Crippen molar-refractivity contribution >= 4 is 11.6 Å². The number of nitrogens with one attached hydrogen (secondary N) is 1. The average Bonchev–Trinajstić information content (AvgIpc) is 3.08. The number of benzene rings is 1. The molecule has 0 radical (unpaired) electrons. The lowest BCUT2D eigenvalue weighted by atomic mass is 10.1. The summed E-state index contributed by atoms with van der Waals surface area (Å²) in [5.41, 5.74) is 1.02. The van der Waals surface area contributed by atoms with Gasteiger partial charge in [-0.2, -0.15) is 31.4 Å². The summed E-state index contributed by atoms with van der Waals surface area (Å²) in [5, 5.41) is 15.7. The Balaban J connectivity index is 1.83. The van der Waals surface area contributed by atoms with Gasteiger partial charge < -0.3 is 10.4 Å². The Hall–Kier alpha value is -3.15. The SMILES string of the molecule is Cc1cc(Nc2nccc(C(F)(F)F)n2)cc(-c2cnn(CC(O)C(F)(F)F)c2)c1. The number of nitrogens with zero attached hydrogens (tertiary/aromatic N) is 4. The highest BCUT2D eigenvalue weighted by molar-refractivity contribution is 5.70. The van der Waals surface area contributed by atoms with E-state index in [1.165, 1.54) is 12.4 Å². The van der Waals surface area contributed by atoms with Gasteiger partial charge in [0.05, 0.1) is 12.7 Å². The molecule has 160 valence electrons. The summed E-state index contributed by atoms with van der Waals surface area (Å²) in [4.78, 5) is 7.20. The Morgan fingerprint density at radius 3 is 2.50 bits per heavy atom. The molecule has 0 fully saturated rings. The summed E-state index contributed by atoms with van der Waals surface area (Å²) in [6.07, 6.45) is -8.32. The van der Waals surface area contributed by atoms with Crippen LogP contribution in [0.1, 0.15) is 11.3 Å². The van der Waals surface area contributed by atoms with Gasteiger partial charge in [-0.15, -0.1) is 0 Å². The number of alkyl halides is 6. The topological polar surface area (TPSA) is 75.9 Å². The fourth-order valence-electron chi connectivity index (χ4n) is 2.62. The minimum Gasteiger partial charge on any atom is -0.382 e. The van der Waals surface area contributed by atoms with E-state index in [1.54, 1.807) is 25.1 Å². The first-order chi connectivity index (χ1) is 13.9. The number of anilines is 2. The van der Waals surface area contributed by atoms with Crippen molar-refractivity contribution in [1.29, 1.82) is 0 Å². The zero-order valence-electron chi connectivity index (χ0n) is 15.3. The predicted molar refractivity (Wildman–Crippen MR) is 94.8 cm³/mol. The first-order valence-electron chi connectivity index (χ1n) is 8.48. The zero-order valence-corrected chi connectivity index (χ0v) is 15.3. The Morgan fingerprint density at radius 2 is 1.83 bits per heavy atom. The van der Waals surface area contributed by atoms with Gasteiger partial charge >= 0.3 is 12.4 Å². The van der Waals surface area contributed by atoms with Gasteiger partial charge in [-0.05, 0) is 36.2 Å². The molecule has 0 aliphatic rings. The summed E-state index contributed by atoms with van der Waals surface area (Å²) in [7, 11) is 0. The normalized spacial score (nSPS) is 13.3. The van der Waals surface area contributed by atoms with E-state index >= 15 is 0 Å². The van der Waals surface area contributed by atoms with E-state index in [9.17, 15) is 26.3 Å². The molecule has 0 aliphatic carbocycles. The second-order valence-electron chi connectivity index (χ2n) is 6.48. The molecule has 2 aromatic heterocycles. The maximum absolute atomic E-state index is 12.8. The molecule has 30 heavy (non-hydrogen) atoms. The molecule has 0 amide bonds. The van der Waals surface area contributed by atoms with Crippen LogP contribution in [0.15, 0.2) is 42.9 Å². The number of halogens is 6. The van der Waals surface area contributed by atoms with Gasteiger partial charge in [-0.3, -0.25) is 4.68 Å². The first-order valence-corrected chi connectivity index (χ1v) is 8.48. The summed E-state index contributed by atoms with van der Waals surface area (Å²) in [5.74, 6) is -0.259. The van der Waals surface area contributed by atoms with Crippen molar-refractivity contribution in [3.05, 3.63) is 54.1 Å². The number of aliphatic hydroxyl groups is 1. The molecule has 3 aromatic rings. The fourth-order valence-corrected chi connectivity index (χ4v) is 2.62. The van der Waals surface area contributed by atoms with Crippen LogP contribution in [0.3, 0.4) is 0 Å². The van der Waals surface area contributed by atoms with Crippen molar-refractivity contribution in [3.63, 3.8) is 0 Å². The van der Waals surface area contributed by atoms with E-state index in [-0.39, 0.29) is 5.95 Å². The van der Waals surface area contributed by atoms with Crippen LogP contribution < -0.4 is 5.32 Å². The van der Waals surface area contributed by atoms with Crippen LogP contribution in [0, 0.1) is 6.92 Å². The maximum Gasteiger partial charge on any atom is 0.433 e. The molecule has 0 saturated carbocycles. The summed E-state index contributed by atoms with van der Waals surface area (Å²) < 4.78 is 76.9. The Morgan fingerprint density at radius 1 is 1.10 bits per heavy atom. The lowest BCUT2D eigenvalue weighted by molar-refractivity contribution is -0.208. The quantitative estimate of drug-likeness (QED) is 0.588. The number of aromatic nitrogens is 4. The third-order valence-electron chi connectivity index (χ3n) is 3.98. The average molecular weight is 431 g/mol. The molecule has 3 rings (SSSR count). The molecular formula is C18H15F6N5O. The third kappa shape index (κ3) is 5.26. The van der Waals surface area contributed by atoms with Crippen LogP contribution in [0.4, 0.5) is 38.0 Å². The van der Waals surface area contributed by atoms with Gasteiger partial charge in [0.2, 0.25) is 5.95 Å². The zero-order chi connectivity index (χ0) is 22.1. The first kappa shape index (κ1) is 21.6. The second kappa shape index (κ2) is 7.94. The molecule has 12 heteroatoms. The van der Waals surface area contributed by atoms with Crippen LogP contribution in [0.25, 0.3) is 11.1 Å².